The molecule has 0 unspecified atom stereocenters. The van der Waals surface area contributed by atoms with E-state index in [0.29, 0.717) is 0 Å². The molecule has 0 aliphatic heterocycles. The van der Waals surface area contributed by atoms with Gasteiger partial charge in [0.15, 0.2) is 0 Å². The van der Waals surface area contributed by atoms with Crippen LogP contribution in [-0.4, -0.2) is 14.2 Å². The second-order valence-electron chi connectivity index (χ2n) is 5.17. The third kappa shape index (κ3) is 3.29. The standard InChI is InChI=1S/C20H20N2O/c1-21-16-8-10-18(11-9-16)22(17-6-4-3-5-7-17)19-12-14-20(23-2)15-13-19/h3-15,21H,1-2H3. The maximum absolute atomic E-state index is 5.26. The van der Waals surface area contributed by atoms with E-state index in [9.17, 15) is 0 Å². The molecule has 3 aromatic carbocycles. The molecular formula is C20H20N2O. The molecule has 0 saturated carbocycles. The summed E-state index contributed by atoms with van der Waals surface area (Å²) in [4.78, 5) is 2.22. The summed E-state index contributed by atoms with van der Waals surface area (Å²) >= 11 is 0. The molecular weight excluding hydrogens is 284 g/mol. The van der Waals surface area contributed by atoms with E-state index in [1.54, 1.807) is 7.11 Å². The monoisotopic (exact) mass is 304 g/mol. The van der Waals surface area contributed by atoms with E-state index in [-0.39, 0.29) is 0 Å². The molecule has 0 atom stereocenters. The van der Waals surface area contributed by atoms with Crippen molar-refractivity contribution in [2.24, 2.45) is 0 Å². The minimum atomic E-state index is 0.854. The Morgan fingerprint density at radius 3 is 1.74 bits per heavy atom. The molecule has 1 N–H and O–H groups in total. The van der Waals surface area contributed by atoms with Crippen molar-refractivity contribution in [3.63, 3.8) is 0 Å². The number of benzene rings is 3. The van der Waals surface area contributed by atoms with Gasteiger partial charge < -0.3 is 15.0 Å². The van der Waals surface area contributed by atoms with E-state index in [4.69, 9.17) is 4.74 Å². The van der Waals surface area contributed by atoms with Crippen LogP contribution in [0, 0.1) is 0 Å². The highest BCUT2D eigenvalue weighted by Gasteiger charge is 2.11. The Balaban J connectivity index is 2.05. The summed E-state index contributed by atoms with van der Waals surface area (Å²) in [6.07, 6.45) is 0. The smallest absolute Gasteiger partial charge is 0.119 e. The minimum Gasteiger partial charge on any atom is -0.497 e. The maximum atomic E-state index is 5.26. The van der Waals surface area contributed by atoms with Gasteiger partial charge in [0.2, 0.25) is 0 Å². The topological polar surface area (TPSA) is 24.5 Å². The fourth-order valence-electron chi connectivity index (χ4n) is 2.53. The van der Waals surface area contributed by atoms with Gasteiger partial charge in [-0.2, -0.15) is 0 Å². The third-order valence-corrected chi connectivity index (χ3v) is 3.76. The van der Waals surface area contributed by atoms with Crippen LogP contribution in [0.1, 0.15) is 0 Å². The number of rotatable bonds is 5. The molecule has 3 nitrogen and oxygen atoms in total. The fourth-order valence-corrected chi connectivity index (χ4v) is 2.53. The molecule has 3 aromatic rings. The Morgan fingerprint density at radius 1 is 0.696 bits per heavy atom. The number of hydrogen-bond acceptors (Lipinski definition) is 3. The van der Waals surface area contributed by atoms with Crippen molar-refractivity contribution in [1.29, 1.82) is 0 Å². The zero-order valence-electron chi connectivity index (χ0n) is 13.4. The van der Waals surface area contributed by atoms with E-state index in [2.05, 4.69) is 58.7 Å². The van der Waals surface area contributed by atoms with Gasteiger partial charge in [-0.25, -0.2) is 0 Å². The van der Waals surface area contributed by atoms with Crippen molar-refractivity contribution in [2.75, 3.05) is 24.4 Å². The average Bonchev–Trinajstić information content (AvgIpc) is 2.64. The Morgan fingerprint density at radius 2 is 1.22 bits per heavy atom. The SMILES string of the molecule is CNc1ccc(N(c2ccccc2)c2ccc(OC)cc2)cc1. The van der Waals surface area contributed by atoms with Gasteiger partial charge in [-0.1, -0.05) is 18.2 Å². The van der Waals surface area contributed by atoms with Crippen molar-refractivity contribution in [1.82, 2.24) is 0 Å². The van der Waals surface area contributed by atoms with Crippen molar-refractivity contribution in [2.45, 2.75) is 0 Å². The molecule has 3 heteroatoms. The quantitative estimate of drug-likeness (QED) is 0.700. The Labute approximate surface area is 137 Å². The average molecular weight is 304 g/mol. The molecule has 116 valence electrons. The lowest BCUT2D eigenvalue weighted by Gasteiger charge is -2.25. The molecule has 0 aliphatic carbocycles. The van der Waals surface area contributed by atoms with Crippen LogP contribution >= 0.6 is 0 Å². The lowest BCUT2D eigenvalue weighted by Crippen LogP contribution is -2.09. The van der Waals surface area contributed by atoms with Gasteiger partial charge in [-0.05, 0) is 60.7 Å². The first kappa shape index (κ1) is 15.0. The highest BCUT2D eigenvalue weighted by Crippen LogP contribution is 2.35. The number of hydrogen-bond donors (Lipinski definition) is 1. The third-order valence-electron chi connectivity index (χ3n) is 3.76. The van der Waals surface area contributed by atoms with Crippen LogP contribution in [0.3, 0.4) is 0 Å². The summed E-state index contributed by atoms with van der Waals surface area (Å²) in [6, 6.07) is 26.8. The number of nitrogens with zero attached hydrogens (tertiary/aromatic N) is 1. The van der Waals surface area contributed by atoms with Crippen molar-refractivity contribution in [3.05, 3.63) is 78.9 Å². The van der Waals surface area contributed by atoms with Crippen LogP contribution in [0.2, 0.25) is 0 Å². The molecule has 23 heavy (non-hydrogen) atoms. The Hall–Kier alpha value is -2.94. The van der Waals surface area contributed by atoms with E-state index >= 15 is 0 Å². The second-order valence-corrected chi connectivity index (χ2v) is 5.17. The van der Waals surface area contributed by atoms with E-state index < -0.39 is 0 Å². The molecule has 0 radical (unpaired) electrons. The summed E-state index contributed by atoms with van der Waals surface area (Å²) in [5.74, 6) is 0.854. The number of para-hydroxylation sites is 1. The first-order chi connectivity index (χ1) is 11.3. The Kier molecular flexibility index (Phi) is 4.48. The first-order valence-corrected chi connectivity index (χ1v) is 7.59. The van der Waals surface area contributed by atoms with Crippen molar-refractivity contribution >= 4 is 22.7 Å². The van der Waals surface area contributed by atoms with E-state index in [1.165, 1.54) is 0 Å². The second kappa shape index (κ2) is 6.88. The van der Waals surface area contributed by atoms with Gasteiger partial charge in [0, 0.05) is 29.8 Å². The highest BCUT2D eigenvalue weighted by atomic mass is 16.5. The van der Waals surface area contributed by atoms with Crippen LogP contribution < -0.4 is 15.0 Å². The van der Waals surface area contributed by atoms with Gasteiger partial charge in [-0.3, -0.25) is 0 Å². The zero-order valence-corrected chi connectivity index (χ0v) is 13.4. The number of methoxy groups -OCH3 is 1. The van der Waals surface area contributed by atoms with Crippen LogP contribution in [-0.2, 0) is 0 Å². The molecule has 0 bridgehead atoms. The Bertz CT molecular complexity index is 689. The summed E-state index contributed by atoms with van der Waals surface area (Å²) in [5.41, 5.74) is 4.42. The zero-order chi connectivity index (χ0) is 16.1. The summed E-state index contributed by atoms with van der Waals surface area (Å²) in [6.45, 7) is 0. The van der Waals surface area contributed by atoms with Gasteiger partial charge in [0.25, 0.3) is 0 Å². The van der Waals surface area contributed by atoms with Gasteiger partial charge in [-0.15, -0.1) is 0 Å². The number of nitrogens with one attached hydrogen (secondary N) is 1. The van der Waals surface area contributed by atoms with Gasteiger partial charge in [0.1, 0.15) is 5.75 Å². The molecule has 0 amide bonds. The summed E-state index contributed by atoms with van der Waals surface area (Å²) < 4.78 is 5.26. The van der Waals surface area contributed by atoms with E-state index in [0.717, 1.165) is 28.5 Å². The lowest BCUT2D eigenvalue weighted by molar-refractivity contribution is 0.415. The maximum Gasteiger partial charge on any atom is 0.119 e. The van der Waals surface area contributed by atoms with E-state index in [1.807, 2.05) is 37.4 Å². The molecule has 0 aromatic heterocycles. The predicted octanol–water partition coefficient (Wildman–Crippen LogP) is 5.21. The molecule has 0 aliphatic rings. The lowest BCUT2D eigenvalue weighted by atomic mass is 10.2. The normalized spacial score (nSPS) is 10.2. The largest absolute Gasteiger partial charge is 0.497 e. The first-order valence-electron chi connectivity index (χ1n) is 7.59. The minimum absolute atomic E-state index is 0.854. The van der Waals surface area contributed by atoms with Crippen LogP contribution in [0.15, 0.2) is 78.9 Å². The summed E-state index contributed by atoms with van der Waals surface area (Å²) in [7, 11) is 3.61. The molecule has 0 spiro atoms. The van der Waals surface area contributed by atoms with Crippen LogP contribution in [0.5, 0.6) is 5.75 Å². The molecule has 0 heterocycles. The van der Waals surface area contributed by atoms with Crippen LogP contribution in [0.4, 0.5) is 22.7 Å². The predicted molar refractivity (Wildman–Crippen MR) is 97.2 cm³/mol. The summed E-state index contributed by atoms with van der Waals surface area (Å²) in [5, 5.41) is 3.15. The number of ether oxygens (including phenoxy) is 1. The number of anilines is 4. The highest BCUT2D eigenvalue weighted by molar-refractivity contribution is 5.77. The van der Waals surface area contributed by atoms with Gasteiger partial charge in [0.05, 0.1) is 7.11 Å². The fraction of sp³-hybridized carbons (Fsp3) is 0.100. The van der Waals surface area contributed by atoms with Crippen LogP contribution in [0.25, 0.3) is 0 Å². The molecule has 0 fully saturated rings. The van der Waals surface area contributed by atoms with Crippen molar-refractivity contribution in [3.8, 4) is 5.75 Å². The molecule has 0 saturated heterocycles. The van der Waals surface area contributed by atoms with Gasteiger partial charge >= 0.3 is 0 Å². The molecule has 3 rings (SSSR count). The van der Waals surface area contributed by atoms with Crippen molar-refractivity contribution < 1.29 is 4.74 Å².